The molecule has 19 heavy (non-hydrogen) atoms. The van der Waals surface area contributed by atoms with Gasteiger partial charge in [-0.1, -0.05) is 6.92 Å². The van der Waals surface area contributed by atoms with Crippen molar-refractivity contribution in [2.24, 2.45) is 0 Å². The Hall–Kier alpha value is -2.01. The molecule has 2 aromatic heterocycles. The molecule has 0 amide bonds. The fourth-order valence-electron chi connectivity index (χ4n) is 1.94. The van der Waals surface area contributed by atoms with Crippen LogP contribution in [0.2, 0.25) is 0 Å². The van der Waals surface area contributed by atoms with E-state index in [0.29, 0.717) is 0 Å². The number of ether oxygens (including phenoxy) is 1. The van der Waals surface area contributed by atoms with Crippen LogP contribution in [-0.4, -0.2) is 28.6 Å². The molecule has 2 rings (SSSR count). The molecule has 0 fully saturated rings. The summed E-state index contributed by atoms with van der Waals surface area (Å²) in [6.45, 7) is 4.79. The fourth-order valence-corrected chi connectivity index (χ4v) is 1.94. The van der Waals surface area contributed by atoms with E-state index in [9.17, 15) is 0 Å². The largest absolute Gasteiger partial charge is 0.495 e. The third kappa shape index (κ3) is 3.26. The summed E-state index contributed by atoms with van der Waals surface area (Å²) in [5.74, 6) is 1.50. The van der Waals surface area contributed by atoms with E-state index in [0.717, 1.165) is 29.4 Å². The molecule has 1 N–H and O–H groups in total. The highest BCUT2D eigenvalue weighted by Crippen LogP contribution is 2.22. The Kier molecular flexibility index (Phi) is 4.41. The van der Waals surface area contributed by atoms with Crippen LogP contribution in [0.25, 0.3) is 0 Å². The third-order valence-corrected chi connectivity index (χ3v) is 2.80. The quantitative estimate of drug-likeness (QED) is 0.887. The Bertz CT molecular complexity index is 544. The number of rotatable bonds is 5. The Morgan fingerprint density at radius 1 is 1.37 bits per heavy atom. The van der Waals surface area contributed by atoms with Crippen LogP contribution in [0, 0.1) is 6.92 Å². The molecule has 0 bridgehead atoms. The number of hydrogen-bond acceptors (Lipinski definition) is 5. The van der Waals surface area contributed by atoms with Gasteiger partial charge in [0.2, 0.25) is 0 Å². The highest BCUT2D eigenvalue weighted by molar-refractivity contribution is 5.31. The first-order chi connectivity index (χ1) is 9.24. The first-order valence-electron chi connectivity index (χ1n) is 6.26. The predicted octanol–water partition coefficient (Wildman–Crippen LogP) is 1.89. The maximum Gasteiger partial charge on any atom is 0.137 e. The highest BCUT2D eigenvalue weighted by atomic mass is 16.5. The molecule has 1 atom stereocenters. The van der Waals surface area contributed by atoms with Crippen molar-refractivity contribution in [3.05, 3.63) is 47.8 Å². The van der Waals surface area contributed by atoms with Crippen LogP contribution in [0.5, 0.6) is 5.75 Å². The van der Waals surface area contributed by atoms with Crippen LogP contribution in [0.4, 0.5) is 0 Å². The molecule has 1 unspecified atom stereocenters. The fraction of sp³-hybridized carbons (Fsp3) is 0.357. The number of hydrogen-bond donors (Lipinski definition) is 1. The Morgan fingerprint density at radius 3 is 2.89 bits per heavy atom. The lowest BCUT2D eigenvalue weighted by Crippen LogP contribution is -2.23. The van der Waals surface area contributed by atoms with Gasteiger partial charge < -0.3 is 10.1 Å². The van der Waals surface area contributed by atoms with Gasteiger partial charge in [0.05, 0.1) is 25.0 Å². The van der Waals surface area contributed by atoms with E-state index in [4.69, 9.17) is 4.74 Å². The summed E-state index contributed by atoms with van der Waals surface area (Å²) in [5, 5.41) is 3.41. The van der Waals surface area contributed by atoms with E-state index in [2.05, 4.69) is 27.2 Å². The Labute approximate surface area is 113 Å². The molecule has 5 heteroatoms. The average molecular weight is 258 g/mol. The number of nitrogens with one attached hydrogen (secondary N) is 1. The Balaban J connectivity index is 2.38. The maximum atomic E-state index is 5.22. The minimum atomic E-state index is -0.00528. The summed E-state index contributed by atoms with van der Waals surface area (Å²) in [7, 11) is 1.64. The van der Waals surface area contributed by atoms with E-state index >= 15 is 0 Å². The highest BCUT2D eigenvalue weighted by Gasteiger charge is 2.15. The molecule has 2 heterocycles. The van der Waals surface area contributed by atoms with Crippen molar-refractivity contribution in [2.45, 2.75) is 19.9 Å². The smallest absolute Gasteiger partial charge is 0.137 e. The third-order valence-electron chi connectivity index (χ3n) is 2.80. The van der Waals surface area contributed by atoms with Crippen LogP contribution >= 0.6 is 0 Å². The molecule has 0 aromatic carbocycles. The summed E-state index contributed by atoms with van der Waals surface area (Å²) in [6, 6.07) is 3.88. The van der Waals surface area contributed by atoms with Gasteiger partial charge >= 0.3 is 0 Å². The zero-order valence-corrected chi connectivity index (χ0v) is 11.4. The standard InChI is InChI=1S/C14H18N4O/c1-4-16-14(13-5-6-17-10(2)18-13)11-7-12(19-3)9-15-8-11/h5-9,14,16H,4H2,1-3H3. The summed E-state index contributed by atoms with van der Waals surface area (Å²) >= 11 is 0. The van der Waals surface area contributed by atoms with Gasteiger partial charge in [0.15, 0.2) is 0 Å². The second-order valence-electron chi connectivity index (χ2n) is 4.18. The molecule has 0 aliphatic carbocycles. The van der Waals surface area contributed by atoms with Crippen molar-refractivity contribution >= 4 is 0 Å². The van der Waals surface area contributed by atoms with Crippen LogP contribution < -0.4 is 10.1 Å². The number of methoxy groups -OCH3 is 1. The molecule has 0 aliphatic rings. The average Bonchev–Trinajstić information content (AvgIpc) is 2.45. The first-order valence-corrected chi connectivity index (χ1v) is 6.26. The zero-order chi connectivity index (χ0) is 13.7. The van der Waals surface area contributed by atoms with Crippen LogP contribution in [0.15, 0.2) is 30.7 Å². The minimum absolute atomic E-state index is 0.00528. The van der Waals surface area contributed by atoms with Gasteiger partial charge in [0.1, 0.15) is 11.6 Å². The second-order valence-corrected chi connectivity index (χ2v) is 4.18. The summed E-state index contributed by atoms with van der Waals surface area (Å²) in [5.41, 5.74) is 1.96. The van der Waals surface area contributed by atoms with Gasteiger partial charge in [-0.3, -0.25) is 4.98 Å². The monoisotopic (exact) mass is 258 g/mol. The Morgan fingerprint density at radius 2 is 2.21 bits per heavy atom. The molecular formula is C14H18N4O. The van der Waals surface area contributed by atoms with Crippen molar-refractivity contribution in [1.82, 2.24) is 20.3 Å². The van der Waals surface area contributed by atoms with Crippen LogP contribution in [0.1, 0.15) is 30.0 Å². The normalized spacial score (nSPS) is 12.2. The molecule has 0 radical (unpaired) electrons. The lowest BCUT2D eigenvalue weighted by atomic mass is 10.1. The summed E-state index contributed by atoms with van der Waals surface area (Å²) in [4.78, 5) is 12.8. The molecule has 0 saturated heterocycles. The molecule has 5 nitrogen and oxygen atoms in total. The summed E-state index contributed by atoms with van der Waals surface area (Å²) < 4.78 is 5.22. The minimum Gasteiger partial charge on any atom is -0.495 e. The number of pyridine rings is 1. The van der Waals surface area contributed by atoms with Gasteiger partial charge in [-0.2, -0.15) is 0 Å². The van der Waals surface area contributed by atoms with Crippen LogP contribution in [-0.2, 0) is 0 Å². The van der Waals surface area contributed by atoms with E-state index in [1.54, 1.807) is 19.5 Å². The van der Waals surface area contributed by atoms with Crippen molar-refractivity contribution in [3.8, 4) is 5.75 Å². The molecule has 100 valence electrons. The van der Waals surface area contributed by atoms with Gasteiger partial charge in [0, 0.05) is 12.4 Å². The zero-order valence-electron chi connectivity index (χ0n) is 11.4. The maximum absolute atomic E-state index is 5.22. The van der Waals surface area contributed by atoms with Gasteiger partial charge in [0.25, 0.3) is 0 Å². The molecule has 0 saturated carbocycles. The van der Waals surface area contributed by atoms with Crippen LogP contribution in [0.3, 0.4) is 0 Å². The number of aromatic nitrogens is 3. The topological polar surface area (TPSA) is 59.9 Å². The van der Waals surface area contributed by atoms with Gasteiger partial charge in [-0.05, 0) is 31.2 Å². The predicted molar refractivity (Wildman–Crippen MR) is 73.1 cm³/mol. The lowest BCUT2D eigenvalue weighted by molar-refractivity contribution is 0.411. The van der Waals surface area contributed by atoms with Crippen molar-refractivity contribution in [3.63, 3.8) is 0 Å². The van der Waals surface area contributed by atoms with E-state index in [1.165, 1.54) is 0 Å². The second kappa shape index (κ2) is 6.24. The van der Waals surface area contributed by atoms with Crippen molar-refractivity contribution < 1.29 is 4.74 Å². The van der Waals surface area contributed by atoms with E-state index < -0.39 is 0 Å². The molecule has 2 aromatic rings. The summed E-state index contributed by atoms with van der Waals surface area (Å²) in [6.07, 6.45) is 5.29. The lowest BCUT2D eigenvalue weighted by Gasteiger charge is -2.18. The van der Waals surface area contributed by atoms with E-state index in [1.807, 2.05) is 25.3 Å². The molecule has 0 aliphatic heterocycles. The van der Waals surface area contributed by atoms with Crippen molar-refractivity contribution in [1.29, 1.82) is 0 Å². The van der Waals surface area contributed by atoms with Gasteiger partial charge in [-0.15, -0.1) is 0 Å². The van der Waals surface area contributed by atoms with E-state index in [-0.39, 0.29) is 6.04 Å². The molecule has 0 spiro atoms. The first kappa shape index (κ1) is 13.4. The van der Waals surface area contributed by atoms with Gasteiger partial charge in [-0.25, -0.2) is 9.97 Å². The number of nitrogens with zero attached hydrogens (tertiary/aromatic N) is 3. The van der Waals surface area contributed by atoms with Crippen molar-refractivity contribution in [2.75, 3.05) is 13.7 Å². The SMILES string of the molecule is CCNC(c1cncc(OC)c1)c1ccnc(C)n1. The molecular weight excluding hydrogens is 240 g/mol. The number of aryl methyl sites for hydroxylation is 1.